The number of fused-ring (bicyclic) bond motifs is 1. The van der Waals surface area contributed by atoms with Crippen molar-refractivity contribution in [1.82, 2.24) is 4.98 Å². The Kier molecular flexibility index (Phi) is 1.67. The van der Waals surface area contributed by atoms with Crippen LogP contribution in [0.2, 0.25) is 0 Å². The number of para-hydroxylation sites is 1. The molecule has 0 N–H and O–H groups in total. The summed E-state index contributed by atoms with van der Waals surface area (Å²) in [6.45, 7) is 0. The summed E-state index contributed by atoms with van der Waals surface area (Å²) in [5.41, 5.74) is 0.485. The lowest BCUT2D eigenvalue weighted by atomic mass is 10.2. The van der Waals surface area contributed by atoms with Gasteiger partial charge in [-0.1, -0.05) is 18.2 Å². The van der Waals surface area contributed by atoms with Crippen LogP contribution in [0.15, 0.2) is 30.3 Å². The van der Waals surface area contributed by atoms with Crippen molar-refractivity contribution in [2.75, 3.05) is 0 Å². The van der Waals surface area contributed by atoms with E-state index in [4.69, 9.17) is 5.26 Å². The third kappa shape index (κ3) is 1.23. The van der Waals surface area contributed by atoms with Crippen molar-refractivity contribution in [3.8, 4) is 6.07 Å². The van der Waals surface area contributed by atoms with Crippen LogP contribution in [0.5, 0.6) is 0 Å². The second-order valence-corrected chi connectivity index (χ2v) is 2.62. The van der Waals surface area contributed by atoms with Gasteiger partial charge in [0, 0.05) is 5.39 Å². The highest BCUT2D eigenvalue weighted by Gasteiger charge is 2.04. The zero-order chi connectivity index (χ0) is 9.26. The summed E-state index contributed by atoms with van der Waals surface area (Å²) < 4.78 is 13.0. The Balaban J connectivity index is 2.83. The molecule has 0 radical (unpaired) electrons. The predicted octanol–water partition coefficient (Wildman–Crippen LogP) is 2.25. The maximum absolute atomic E-state index is 13.0. The van der Waals surface area contributed by atoms with E-state index in [2.05, 4.69) is 4.98 Å². The topological polar surface area (TPSA) is 36.7 Å². The summed E-state index contributed by atoms with van der Waals surface area (Å²) in [7, 11) is 0. The molecule has 2 rings (SSSR count). The molecule has 0 spiro atoms. The Morgan fingerprint density at radius 1 is 1.31 bits per heavy atom. The van der Waals surface area contributed by atoms with E-state index in [1.54, 1.807) is 30.3 Å². The van der Waals surface area contributed by atoms with Crippen LogP contribution in [0.1, 0.15) is 5.69 Å². The van der Waals surface area contributed by atoms with E-state index in [9.17, 15) is 4.39 Å². The van der Waals surface area contributed by atoms with Crippen LogP contribution in [0.3, 0.4) is 0 Å². The highest BCUT2D eigenvalue weighted by molar-refractivity contribution is 5.78. The van der Waals surface area contributed by atoms with Gasteiger partial charge in [0.05, 0.1) is 5.52 Å². The summed E-state index contributed by atoms with van der Waals surface area (Å²) in [5, 5.41) is 9.23. The Morgan fingerprint density at radius 3 is 2.85 bits per heavy atom. The number of nitriles is 1. The van der Waals surface area contributed by atoms with Gasteiger partial charge in [0.1, 0.15) is 6.07 Å². The molecule has 1 aromatic carbocycles. The zero-order valence-corrected chi connectivity index (χ0v) is 6.66. The Hall–Kier alpha value is -1.95. The Labute approximate surface area is 74.3 Å². The number of benzene rings is 1. The molecular weight excluding hydrogens is 167 g/mol. The van der Waals surface area contributed by atoms with Crippen molar-refractivity contribution in [3.63, 3.8) is 0 Å². The van der Waals surface area contributed by atoms with Crippen LogP contribution in [0.4, 0.5) is 4.39 Å². The normalized spacial score (nSPS) is 9.85. The number of hydrogen-bond acceptors (Lipinski definition) is 2. The molecule has 0 aliphatic carbocycles. The maximum Gasteiger partial charge on any atom is 0.176 e. The van der Waals surface area contributed by atoms with Gasteiger partial charge in [-0.3, -0.25) is 0 Å². The van der Waals surface area contributed by atoms with Gasteiger partial charge < -0.3 is 0 Å². The molecule has 0 atom stereocenters. The highest BCUT2D eigenvalue weighted by Crippen LogP contribution is 2.14. The van der Waals surface area contributed by atoms with Gasteiger partial charge in [0.15, 0.2) is 11.5 Å². The zero-order valence-electron chi connectivity index (χ0n) is 6.66. The van der Waals surface area contributed by atoms with E-state index in [0.717, 1.165) is 0 Å². The fourth-order valence-corrected chi connectivity index (χ4v) is 1.17. The molecule has 13 heavy (non-hydrogen) atoms. The van der Waals surface area contributed by atoms with Crippen LogP contribution in [-0.2, 0) is 0 Å². The highest BCUT2D eigenvalue weighted by atomic mass is 19.1. The van der Waals surface area contributed by atoms with E-state index in [1.165, 1.54) is 6.07 Å². The molecular formula is C10H5FN2. The number of aromatic nitrogens is 1. The molecule has 1 aromatic heterocycles. The molecule has 0 bridgehead atoms. The molecule has 0 unspecified atom stereocenters. The monoisotopic (exact) mass is 172 g/mol. The second-order valence-electron chi connectivity index (χ2n) is 2.62. The van der Waals surface area contributed by atoms with Crippen molar-refractivity contribution in [2.45, 2.75) is 0 Å². The van der Waals surface area contributed by atoms with E-state index in [-0.39, 0.29) is 5.69 Å². The van der Waals surface area contributed by atoms with E-state index < -0.39 is 5.82 Å². The summed E-state index contributed by atoms with van der Waals surface area (Å²) in [6.07, 6.45) is 0. The SMILES string of the molecule is N#Cc1nc2ccccc2cc1F. The summed E-state index contributed by atoms with van der Waals surface area (Å²) >= 11 is 0. The minimum atomic E-state index is -0.568. The van der Waals surface area contributed by atoms with Crippen LogP contribution in [0, 0.1) is 17.1 Å². The predicted molar refractivity (Wildman–Crippen MR) is 46.4 cm³/mol. The molecule has 0 aliphatic heterocycles. The van der Waals surface area contributed by atoms with Gasteiger partial charge in [0.25, 0.3) is 0 Å². The van der Waals surface area contributed by atoms with Gasteiger partial charge in [0.2, 0.25) is 0 Å². The van der Waals surface area contributed by atoms with Gasteiger partial charge in [-0.05, 0) is 12.1 Å². The summed E-state index contributed by atoms with van der Waals surface area (Å²) in [5.74, 6) is -0.568. The lowest BCUT2D eigenvalue weighted by Crippen LogP contribution is -1.89. The fraction of sp³-hybridized carbons (Fsp3) is 0. The molecule has 0 saturated heterocycles. The van der Waals surface area contributed by atoms with Crippen molar-refractivity contribution in [1.29, 1.82) is 5.26 Å². The van der Waals surface area contributed by atoms with Gasteiger partial charge in [-0.15, -0.1) is 0 Å². The second kappa shape index (κ2) is 2.83. The molecule has 2 nitrogen and oxygen atoms in total. The number of rotatable bonds is 0. The quantitative estimate of drug-likeness (QED) is 0.611. The van der Waals surface area contributed by atoms with Gasteiger partial charge in [-0.2, -0.15) is 5.26 Å². The average molecular weight is 172 g/mol. The van der Waals surface area contributed by atoms with Crippen LogP contribution in [-0.4, -0.2) is 4.98 Å². The smallest absolute Gasteiger partial charge is 0.176 e. The van der Waals surface area contributed by atoms with Crippen LogP contribution >= 0.6 is 0 Å². The number of pyridine rings is 1. The van der Waals surface area contributed by atoms with Gasteiger partial charge in [-0.25, -0.2) is 9.37 Å². The van der Waals surface area contributed by atoms with E-state index in [0.29, 0.717) is 10.9 Å². The maximum atomic E-state index is 13.0. The fourth-order valence-electron chi connectivity index (χ4n) is 1.17. The Morgan fingerprint density at radius 2 is 2.08 bits per heavy atom. The first-order valence-electron chi connectivity index (χ1n) is 3.76. The van der Waals surface area contributed by atoms with Gasteiger partial charge >= 0.3 is 0 Å². The molecule has 0 fully saturated rings. The molecule has 1 heterocycles. The van der Waals surface area contributed by atoms with Crippen molar-refractivity contribution in [3.05, 3.63) is 41.8 Å². The molecule has 62 valence electrons. The molecule has 0 aliphatic rings. The van der Waals surface area contributed by atoms with E-state index in [1.807, 2.05) is 0 Å². The lowest BCUT2D eigenvalue weighted by Gasteiger charge is -1.97. The molecule has 0 amide bonds. The third-order valence-electron chi connectivity index (χ3n) is 1.78. The molecule has 2 aromatic rings. The van der Waals surface area contributed by atoms with E-state index >= 15 is 0 Å². The number of halogens is 1. The van der Waals surface area contributed by atoms with Crippen molar-refractivity contribution in [2.24, 2.45) is 0 Å². The largest absolute Gasteiger partial charge is 0.234 e. The third-order valence-corrected chi connectivity index (χ3v) is 1.78. The first-order valence-corrected chi connectivity index (χ1v) is 3.76. The van der Waals surface area contributed by atoms with Crippen LogP contribution in [0.25, 0.3) is 10.9 Å². The van der Waals surface area contributed by atoms with Crippen molar-refractivity contribution >= 4 is 10.9 Å². The lowest BCUT2D eigenvalue weighted by molar-refractivity contribution is 0.619. The first-order chi connectivity index (χ1) is 6.31. The first kappa shape index (κ1) is 7.69. The van der Waals surface area contributed by atoms with Crippen molar-refractivity contribution < 1.29 is 4.39 Å². The molecule has 0 saturated carbocycles. The summed E-state index contributed by atoms with van der Waals surface area (Å²) in [6, 6.07) is 10.1. The average Bonchev–Trinajstić information content (AvgIpc) is 2.17. The standard InChI is InChI=1S/C10H5FN2/c11-8-5-7-3-1-2-4-9(7)13-10(8)6-12/h1-5H. The number of hydrogen-bond donors (Lipinski definition) is 0. The summed E-state index contributed by atoms with van der Waals surface area (Å²) in [4.78, 5) is 3.86. The molecule has 3 heteroatoms. The van der Waals surface area contributed by atoms with Crippen LogP contribution < -0.4 is 0 Å². The Bertz CT molecular complexity index is 500. The minimum absolute atomic E-state index is 0.154. The minimum Gasteiger partial charge on any atom is -0.234 e. The number of nitrogens with zero attached hydrogens (tertiary/aromatic N) is 2.